The molecule has 0 bridgehead atoms. The first kappa shape index (κ1) is 13.7. The zero-order chi connectivity index (χ0) is 14.1. The van der Waals surface area contributed by atoms with E-state index < -0.39 is 5.97 Å². The van der Waals surface area contributed by atoms with Crippen LogP contribution in [0.5, 0.6) is 0 Å². The second-order valence-corrected chi connectivity index (χ2v) is 6.69. The summed E-state index contributed by atoms with van der Waals surface area (Å²) < 4.78 is 0. The van der Waals surface area contributed by atoms with Gasteiger partial charge in [-0.15, -0.1) is 0 Å². The molecule has 3 rings (SSSR count). The number of carbonyl (C=O) groups is 2. The quantitative estimate of drug-likeness (QED) is 0.842. The Morgan fingerprint density at radius 2 is 1.65 bits per heavy atom. The lowest BCUT2D eigenvalue weighted by Crippen LogP contribution is -2.57. The lowest BCUT2D eigenvalue weighted by molar-refractivity contribution is -0.139. The van der Waals surface area contributed by atoms with Crippen LogP contribution in [0.25, 0.3) is 0 Å². The van der Waals surface area contributed by atoms with Gasteiger partial charge in [-0.3, -0.25) is 4.79 Å². The summed E-state index contributed by atoms with van der Waals surface area (Å²) in [6.07, 6.45) is 6.64. The zero-order valence-electron chi connectivity index (χ0n) is 12.0. The van der Waals surface area contributed by atoms with E-state index in [1.807, 2.05) is 9.80 Å². The molecule has 112 valence electrons. The van der Waals surface area contributed by atoms with Gasteiger partial charge in [0.25, 0.3) is 0 Å². The molecule has 2 amide bonds. The van der Waals surface area contributed by atoms with Crippen LogP contribution in [0.1, 0.15) is 38.5 Å². The van der Waals surface area contributed by atoms with Crippen molar-refractivity contribution in [3.05, 3.63) is 0 Å². The molecule has 3 aliphatic rings. The van der Waals surface area contributed by atoms with E-state index in [0.717, 1.165) is 25.4 Å². The molecule has 5 nitrogen and oxygen atoms in total. The summed E-state index contributed by atoms with van der Waals surface area (Å²) in [5.41, 5.74) is 0. The summed E-state index contributed by atoms with van der Waals surface area (Å²) >= 11 is 0. The van der Waals surface area contributed by atoms with Gasteiger partial charge in [-0.05, 0) is 24.7 Å². The van der Waals surface area contributed by atoms with Gasteiger partial charge in [-0.2, -0.15) is 0 Å². The van der Waals surface area contributed by atoms with Gasteiger partial charge in [0.05, 0.1) is 6.42 Å². The van der Waals surface area contributed by atoms with E-state index in [-0.39, 0.29) is 18.4 Å². The average molecular weight is 280 g/mol. The van der Waals surface area contributed by atoms with Gasteiger partial charge in [0.1, 0.15) is 0 Å². The monoisotopic (exact) mass is 280 g/mol. The molecule has 2 atom stereocenters. The molecule has 0 aromatic rings. The third-order valence-electron chi connectivity index (χ3n) is 5.25. The van der Waals surface area contributed by atoms with Gasteiger partial charge in [-0.1, -0.05) is 19.3 Å². The fourth-order valence-corrected chi connectivity index (χ4v) is 4.08. The van der Waals surface area contributed by atoms with Crippen LogP contribution in [-0.2, 0) is 4.79 Å². The zero-order valence-corrected chi connectivity index (χ0v) is 12.0. The SMILES string of the molecule is O=C(O)CC1CN(C(=O)N2CCC3CCCCC3C2)C1. The molecule has 20 heavy (non-hydrogen) atoms. The molecule has 0 aromatic carbocycles. The number of rotatable bonds is 2. The van der Waals surface area contributed by atoms with Crippen molar-refractivity contribution in [1.29, 1.82) is 0 Å². The van der Waals surface area contributed by atoms with Crippen LogP contribution in [-0.4, -0.2) is 53.1 Å². The van der Waals surface area contributed by atoms with Crippen molar-refractivity contribution >= 4 is 12.0 Å². The van der Waals surface area contributed by atoms with Gasteiger partial charge in [0.15, 0.2) is 0 Å². The Kier molecular flexibility index (Phi) is 3.85. The highest BCUT2D eigenvalue weighted by Gasteiger charge is 2.38. The molecule has 1 saturated carbocycles. The summed E-state index contributed by atoms with van der Waals surface area (Å²) in [5.74, 6) is 0.940. The number of fused-ring (bicyclic) bond motifs is 1. The average Bonchev–Trinajstić information content (AvgIpc) is 2.41. The van der Waals surface area contributed by atoms with Crippen LogP contribution < -0.4 is 0 Å². The van der Waals surface area contributed by atoms with Crippen molar-refractivity contribution < 1.29 is 14.7 Å². The maximum Gasteiger partial charge on any atom is 0.320 e. The Morgan fingerprint density at radius 3 is 2.35 bits per heavy atom. The molecule has 0 radical (unpaired) electrons. The fourth-order valence-electron chi connectivity index (χ4n) is 4.08. The first-order valence-corrected chi connectivity index (χ1v) is 7.89. The number of likely N-dealkylation sites (tertiary alicyclic amines) is 2. The number of carboxylic acids is 1. The highest BCUT2D eigenvalue weighted by Crippen LogP contribution is 2.36. The summed E-state index contributed by atoms with van der Waals surface area (Å²) in [4.78, 5) is 26.8. The summed E-state index contributed by atoms with van der Waals surface area (Å²) in [6.45, 7) is 3.05. The molecule has 1 aliphatic carbocycles. The second-order valence-electron chi connectivity index (χ2n) is 6.69. The molecule has 2 heterocycles. The first-order valence-electron chi connectivity index (χ1n) is 7.89. The molecule has 1 N–H and O–H groups in total. The van der Waals surface area contributed by atoms with Crippen molar-refractivity contribution in [2.24, 2.45) is 17.8 Å². The Morgan fingerprint density at radius 1 is 0.950 bits per heavy atom. The topological polar surface area (TPSA) is 60.9 Å². The number of urea groups is 1. The van der Waals surface area contributed by atoms with E-state index in [4.69, 9.17) is 5.11 Å². The fraction of sp³-hybridized carbons (Fsp3) is 0.867. The van der Waals surface area contributed by atoms with Crippen molar-refractivity contribution in [1.82, 2.24) is 9.80 Å². The lowest BCUT2D eigenvalue weighted by Gasteiger charge is -2.46. The number of amides is 2. The lowest BCUT2D eigenvalue weighted by atomic mass is 9.75. The van der Waals surface area contributed by atoms with Gasteiger partial charge >= 0.3 is 12.0 Å². The van der Waals surface area contributed by atoms with E-state index in [1.54, 1.807) is 0 Å². The highest BCUT2D eigenvalue weighted by molar-refractivity contribution is 5.76. The van der Waals surface area contributed by atoms with Crippen molar-refractivity contribution in [3.8, 4) is 0 Å². The Bertz CT molecular complexity index is 393. The number of piperidine rings is 1. The maximum absolute atomic E-state index is 12.4. The second kappa shape index (κ2) is 5.62. The molecule has 5 heteroatoms. The van der Waals surface area contributed by atoms with Crippen LogP contribution in [0.2, 0.25) is 0 Å². The summed E-state index contributed by atoms with van der Waals surface area (Å²) in [7, 11) is 0. The minimum atomic E-state index is -0.759. The number of aliphatic carboxylic acids is 1. The van der Waals surface area contributed by atoms with Gasteiger partial charge in [-0.25, -0.2) is 4.79 Å². The van der Waals surface area contributed by atoms with Gasteiger partial charge in [0, 0.05) is 32.1 Å². The smallest absolute Gasteiger partial charge is 0.320 e. The summed E-state index contributed by atoms with van der Waals surface area (Å²) in [5, 5.41) is 8.74. The predicted octanol–water partition coefficient (Wildman–Crippen LogP) is 2.03. The van der Waals surface area contributed by atoms with E-state index in [0.29, 0.717) is 19.0 Å². The number of hydrogen-bond acceptors (Lipinski definition) is 2. The molecular weight excluding hydrogens is 256 g/mol. The molecule has 2 unspecified atom stereocenters. The number of hydrogen-bond donors (Lipinski definition) is 1. The predicted molar refractivity (Wildman–Crippen MR) is 74.3 cm³/mol. The van der Waals surface area contributed by atoms with Gasteiger partial charge < -0.3 is 14.9 Å². The molecular formula is C15H24N2O3. The molecule has 0 aromatic heterocycles. The number of nitrogens with zero attached hydrogens (tertiary/aromatic N) is 2. The summed E-state index contributed by atoms with van der Waals surface area (Å²) in [6, 6.07) is 0.135. The largest absolute Gasteiger partial charge is 0.481 e. The maximum atomic E-state index is 12.4. The van der Waals surface area contributed by atoms with Gasteiger partial charge in [0.2, 0.25) is 0 Å². The van der Waals surface area contributed by atoms with Crippen LogP contribution >= 0.6 is 0 Å². The van der Waals surface area contributed by atoms with Crippen molar-refractivity contribution in [2.45, 2.75) is 38.5 Å². The number of carbonyl (C=O) groups excluding carboxylic acids is 1. The normalized spacial score (nSPS) is 30.6. The van der Waals surface area contributed by atoms with E-state index >= 15 is 0 Å². The minimum absolute atomic E-state index is 0.135. The highest BCUT2D eigenvalue weighted by atomic mass is 16.4. The molecule has 3 fully saturated rings. The van der Waals surface area contributed by atoms with Crippen LogP contribution in [0.15, 0.2) is 0 Å². The van der Waals surface area contributed by atoms with Crippen LogP contribution in [0.3, 0.4) is 0 Å². The third kappa shape index (κ3) is 2.76. The number of carboxylic acid groups (broad SMARTS) is 1. The Balaban J connectivity index is 1.48. The van der Waals surface area contributed by atoms with Crippen molar-refractivity contribution in [3.63, 3.8) is 0 Å². The molecule has 0 spiro atoms. The Labute approximate surface area is 119 Å². The standard InChI is InChI=1S/C15H24N2O3/c18-14(19)7-11-8-17(9-11)15(20)16-6-5-12-3-1-2-4-13(12)10-16/h11-13H,1-10H2,(H,18,19). The van der Waals surface area contributed by atoms with Crippen molar-refractivity contribution in [2.75, 3.05) is 26.2 Å². The molecule has 2 saturated heterocycles. The van der Waals surface area contributed by atoms with Crippen LogP contribution in [0.4, 0.5) is 4.79 Å². The van der Waals surface area contributed by atoms with E-state index in [1.165, 1.54) is 25.7 Å². The van der Waals surface area contributed by atoms with E-state index in [9.17, 15) is 9.59 Å². The molecule has 2 aliphatic heterocycles. The first-order chi connectivity index (χ1) is 9.63. The minimum Gasteiger partial charge on any atom is -0.481 e. The van der Waals surface area contributed by atoms with Crippen LogP contribution in [0, 0.1) is 17.8 Å². The third-order valence-corrected chi connectivity index (χ3v) is 5.25. The van der Waals surface area contributed by atoms with E-state index in [2.05, 4.69) is 0 Å². The Hall–Kier alpha value is -1.26.